The molecular formula is C12H13N5. The van der Waals surface area contributed by atoms with Gasteiger partial charge in [0.15, 0.2) is 0 Å². The number of nitrogens with zero attached hydrogens (tertiary/aromatic N) is 4. The van der Waals surface area contributed by atoms with Gasteiger partial charge in [0.25, 0.3) is 0 Å². The summed E-state index contributed by atoms with van der Waals surface area (Å²) in [5, 5.41) is 19.8. The van der Waals surface area contributed by atoms with Gasteiger partial charge in [-0.25, -0.2) is 0 Å². The summed E-state index contributed by atoms with van der Waals surface area (Å²) in [6.07, 6.45) is 1.87. The van der Waals surface area contributed by atoms with E-state index < -0.39 is 0 Å². The van der Waals surface area contributed by atoms with Gasteiger partial charge in [0.1, 0.15) is 11.0 Å². The largest absolute Gasteiger partial charge is 0.370 e. The van der Waals surface area contributed by atoms with E-state index in [1.54, 1.807) is 0 Å². The van der Waals surface area contributed by atoms with Gasteiger partial charge in [0.2, 0.25) is 0 Å². The molecule has 1 aliphatic heterocycles. The second kappa shape index (κ2) is 4.06. The summed E-state index contributed by atoms with van der Waals surface area (Å²) in [6.45, 7) is 1.84. The standard InChI is InChI=1S/C12H13N5/c13-8-9-4-6-17(7-5-9)11-3-1-2-10-12(11)15-16-14-10/h1-3,9H,4-7H2,(H,14,15,16). The maximum absolute atomic E-state index is 8.89. The number of piperidine rings is 1. The van der Waals surface area contributed by atoms with Gasteiger partial charge in [0.05, 0.1) is 11.8 Å². The molecule has 0 amide bonds. The van der Waals surface area contributed by atoms with Crippen LogP contribution in [0.5, 0.6) is 0 Å². The van der Waals surface area contributed by atoms with Gasteiger partial charge in [-0.1, -0.05) is 6.07 Å². The zero-order valence-electron chi connectivity index (χ0n) is 9.43. The molecule has 0 radical (unpaired) electrons. The first-order valence-electron chi connectivity index (χ1n) is 5.82. The molecule has 1 fully saturated rings. The monoisotopic (exact) mass is 227 g/mol. The summed E-state index contributed by atoms with van der Waals surface area (Å²) in [6, 6.07) is 8.36. The number of H-pyrrole nitrogens is 1. The Bertz CT molecular complexity index is 560. The number of benzene rings is 1. The zero-order valence-corrected chi connectivity index (χ0v) is 9.43. The minimum atomic E-state index is 0.211. The van der Waals surface area contributed by atoms with Gasteiger partial charge < -0.3 is 4.90 Å². The molecule has 0 spiro atoms. The molecule has 3 rings (SSSR count). The van der Waals surface area contributed by atoms with Gasteiger partial charge in [-0.05, 0) is 25.0 Å². The van der Waals surface area contributed by atoms with E-state index in [1.165, 1.54) is 0 Å². The predicted molar refractivity (Wildman–Crippen MR) is 64.4 cm³/mol. The van der Waals surface area contributed by atoms with Crippen LogP contribution in [0.4, 0.5) is 5.69 Å². The highest BCUT2D eigenvalue weighted by Gasteiger charge is 2.20. The summed E-state index contributed by atoms with van der Waals surface area (Å²) in [4.78, 5) is 2.29. The highest BCUT2D eigenvalue weighted by molar-refractivity contribution is 5.87. The second-order valence-electron chi connectivity index (χ2n) is 4.36. The SMILES string of the molecule is N#CC1CCN(c2cccc3n[nH]nc23)CC1. The van der Waals surface area contributed by atoms with E-state index in [-0.39, 0.29) is 5.92 Å². The van der Waals surface area contributed by atoms with Crippen molar-refractivity contribution in [2.24, 2.45) is 5.92 Å². The molecule has 1 aromatic carbocycles. The Morgan fingerprint density at radius 2 is 2.12 bits per heavy atom. The number of nitrogens with one attached hydrogen (secondary N) is 1. The second-order valence-corrected chi connectivity index (χ2v) is 4.36. The van der Waals surface area contributed by atoms with Gasteiger partial charge in [-0.2, -0.15) is 20.7 Å². The summed E-state index contributed by atoms with van der Waals surface area (Å²) in [7, 11) is 0. The lowest BCUT2D eigenvalue weighted by molar-refractivity contribution is 0.488. The number of anilines is 1. The number of para-hydroxylation sites is 1. The minimum absolute atomic E-state index is 0.211. The van der Waals surface area contributed by atoms with Crippen molar-refractivity contribution in [3.8, 4) is 6.07 Å². The average molecular weight is 227 g/mol. The first kappa shape index (κ1) is 10.1. The molecule has 1 aliphatic rings. The minimum Gasteiger partial charge on any atom is -0.370 e. The number of aromatic nitrogens is 3. The molecule has 0 saturated carbocycles. The predicted octanol–water partition coefficient (Wildman–Crippen LogP) is 1.70. The van der Waals surface area contributed by atoms with Crippen molar-refractivity contribution in [3.63, 3.8) is 0 Å². The van der Waals surface area contributed by atoms with E-state index in [0.29, 0.717) is 0 Å². The molecule has 0 bridgehead atoms. The third-order valence-electron chi connectivity index (χ3n) is 3.34. The van der Waals surface area contributed by atoms with Crippen LogP contribution in [-0.2, 0) is 0 Å². The number of hydrogen-bond acceptors (Lipinski definition) is 4. The summed E-state index contributed by atoms with van der Waals surface area (Å²) in [5.74, 6) is 0.211. The van der Waals surface area contributed by atoms with Crippen LogP contribution in [-0.4, -0.2) is 28.5 Å². The number of nitriles is 1. The lowest BCUT2D eigenvalue weighted by Gasteiger charge is -2.30. The van der Waals surface area contributed by atoms with Crippen molar-refractivity contribution >= 4 is 16.7 Å². The quantitative estimate of drug-likeness (QED) is 0.805. The van der Waals surface area contributed by atoms with Crippen molar-refractivity contribution in [2.45, 2.75) is 12.8 Å². The molecule has 2 aromatic rings. The van der Waals surface area contributed by atoms with Gasteiger partial charge in [-0.3, -0.25) is 0 Å². The average Bonchev–Trinajstić information content (AvgIpc) is 2.87. The lowest BCUT2D eigenvalue weighted by Crippen LogP contribution is -2.33. The van der Waals surface area contributed by atoms with Gasteiger partial charge >= 0.3 is 0 Å². The third kappa shape index (κ3) is 1.72. The molecule has 0 atom stereocenters. The Balaban J connectivity index is 1.90. The molecule has 1 aromatic heterocycles. The molecule has 1 saturated heterocycles. The molecule has 86 valence electrons. The number of aromatic amines is 1. The van der Waals surface area contributed by atoms with E-state index in [4.69, 9.17) is 5.26 Å². The molecule has 0 aliphatic carbocycles. The topological polar surface area (TPSA) is 68.6 Å². The van der Waals surface area contributed by atoms with Crippen molar-refractivity contribution in [1.82, 2.24) is 15.4 Å². The van der Waals surface area contributed by atoms with Crippen LogP contribution in [0.15, 0.2) is 18.2 Å². The van der Waals surface area contributed by atoms with Crippen LogP contribution >= 0.6 is 0 Å². The van der Waals surface area contributed by atoms with Crippen LogP contribution in [0, 0.1) is 17.2 Å². The highest BCUT2D eigenvalue weighted by atomic mass is 15.3. The molecule has 2 heterocycles. The Morgan fingerprint density at radius 1 is 1.29 bits per heavy atom. The molecular weight excluding hydrogens is 214 g/mol. The van der Waals surface area contributed by atoms with Crippen molar-refractivity contribution in [2.75, 3.05) is 18.0 Å². The van der Waals surface area contributed by atoms with Crippen molar-refractivity contribution in [3.05, 3.63) is 18.2 Å². The Morgan fingerprint density at radius 3 is 2.88 bits per heavy atom. The number of hydrogen-bond donors (Lipinski definition) is 1. The Kier molecular flexibility index (Phi) is 2.41. The van der Waals surface area contributed by atoms with Crippen LogP contribution in [0.3, 0.4) is 0 Å². The molecule has 1 N–H and O–H groups in total. The third-order valence-corrected chi connectivity index (χ3v) is 3.34. The van der Waals surface area contributed by atoms with E-state index >= 15 is 0 Å². The molecule has 5 nitrogen and oxygen atoms in total. The molecule has 5 heteroatoms. The normalized spacial score (nSPS) is 17.2. The first-order valence-corrected chi connectivity index (χ1v) is 5.82. The maximum atomic E-state index is 8.89. The highest BCUT2D eigenvalue weighted by Crippen LogP contribution is 2.27. The fourth-order valence-corrected chi connectivity index (χ4v) is 2.36. The molecule has 17 heavy (non-hydrogen) atoms. The van der Waals surface area contributed by atoms with E-state index in [1.807, 2.05) is 12.1 Å². The van der Waals surface area contributed by atoms with E-state index in [0.717, 1.165) is 42.7 Å². The summed E-state index contributed by atoms with van der Waals surface area (Å²) >= 11 is 0. The van der Waals surface area contributed by atoms with Crippen LogP contribution in [0.25, 0.3) is 11.0 Å². The molecule has 0 unspecified atom stereocenters. The van der Waals surface area contributed by atoms with Crippen LogP contribution < -0.4 is 4.90 Å². The fourth-order valence-electron chi connectivity index (χ4n) is 2.36. The Labute approximate surface area is 99.0 Å². The van der Waals surface area contributed by atoms with E-state index in [2.05, 4.69) is 32.4 Å². The maximum Gasteiger partial charge on any atom is 0.136 e. The van der Waals surface area contributed by atoms with E-state index in [9.17, 15) is 0 Å². The van der Waals surface area contributed by atoms with Gasteiger partial charge in [-0.15, -0.1) is 0 Å². The summed E-state index contributed by atoms with van der Waals surface area (Å²) < 4.78 is 0. The van der Waals surface area contributed by atoms with Crippen LogP contribution in [0.2, 0.25) is 0 Å². The Hall–Kier alpha value is -2.09. The smallest absolute Gasteiger partial charge is 0.136 e. The zero-order chi connectivity index (χ0) is 11.7. The van der Waals surface area contributed by atoms with Crippen molar-refractivity contribution in [1.29, 1.82) is 5.26 Å². The van der Waals surface area contributed by atoms with Crippen molar-refractivity contribution < 1.29 is 0 Å². The van der Waals surface area contributed by atoms with Gasteiger partial charge in [0, 0.05) is 19.0 Å². The number of rotatable bonds is 1. The summed E-state index contributed by atoms with van der Waals surface area (Å²) in [5.41, 5.74) is 2.93. The lowest BCUT2D eigenvalue weighted by atomic mass is 9.98. The number of fused-ring (bicyclic) bond motifs is 1. The van der Waals surface area contributed by atoms with Crippen LogP contribution in [0.1, 0.15) is 12.8 Å². The first-order chi connectivity index (χ1) is 8.38. The fraction of sp³-hybridized carbons (Fsp3) is 0.417.